The molecule has 0 unspecified atom stereocenters. The van der Waals surface area contributed by atoms with Gasteiger partial charge in [0.25, 0.3) is 5.91 Å². The van der Waals surface area contributed by atoms with Crippen LogP contribution in [-0.4, -0.2) is 32.8 Å². The van der Waals surface area contributed by atoms with E-state index in [-0.39, 0.29) is 19.1 Å². The predicted molar refractivity (Wildman–Crippen MR) is 77.3 cm³/mol. The van der Waals surface area contributed by atoms with Crippen molar-refractivity contribution >= 4 is 5.91 Å². The van der Waals surface area contributed by atoms with Crippen LogP contribution in [0.15, 0.2) is 24.5 Å². The number of hydrogen-bond donors (Lipinski definition) is 3. The summed E-state index contributed by atoms with van der Waals surface area (Å²) in [6, 6.07) is 5.50. The van der Waals surface area contributed by atoms with Crippen molar-refractivity contribution in [3.63, 3.8) is 0 Å². The maximum absolute atomic E-state index is 12.3. The van der Waals surface area contributed by atoms with Gasteiger partial charge in [-0.2, -0.15) is 5.10 Å². The molecule has 108 valence electrons. The van der Waals surface area contributed by atoms with Gasteiger partial charge in [0.1, 0.15) is 12.2 Å². The van der Waals surface area contributed by atoms with Gasteiger partial charge in [0.05, 0.1) is 18.7 Å². The zero-order valence-electron chi connectivity index (χ0n) is 11.7. The number of benzene rings is 1. The maximum Gasteiger partial charge on any atom is 0.252 e. The van der Waals surface area contributed by atoms with Crippen LogP contribution >= 0.6 is 0 Å². The van der Waals surface area contributed by atoms with Gasteiger partial charge in [-0.3, -0.25) is 9.89 Å². The normalized spacial score (nSPS) is 9.81. The van der Waals surface area contributed by atoms with Crippen molar-refractivity contribution in [2.75, 3.05) is 6.61 Å². The monoisotopic (exact) mass is 284 g/mol. The van der Waals surface area contributed by atoms with Gasteiger partial charge in [0.15, 0.2) is 0 Å². The van der Waals surface area contributed by atoms with E-state index in [0.717, 1.165) is 5.56 Å². The van der Waals surface area contributed by atoms with Gasteiger partial charge in [-0.15, -0.1) is 0 Å². The summed E-state index contributed by atoms with van der Waals surface area (Å²) >= 11 is 0. The van der Waals surface area contributed by atoms with E-state index >= 15 is 0 Å². The smallest absolute Gasteiger partial charge is 0.252 e. The Morgan fingerprint density at radius 1 is 1.48 bits per heavy atom. The van der Waals surface area contributed by atoms with Gasteiger partial charge in [0.2, 0.25) is 0 Å². The topological polar surface area (TPSA) is 90.9 Å². The molecular weight excluding hydrogens is 268 g/mol. The Morgan fingerprint density at radius 3 is 3.05 bits per heavy atom. The maximum atomic E-state index is 12.3. The lowest BCUT2D eigenvalue weighted by molar-refractivity contribution is 0.0949. The van der Waals surface area contributed by atoms with Gasteiger partial charge in [0, 0.05) is 12.0 Å². The Kier molecular flexibility index (Phi) is 5.07. The highest BCUT2D eigenvalue weighted by molar-refractivity contribution is 5.96. The number of hydrogen-bond acceptors (Lipinski definition) is 4. The molecular formula is C15H16N4O2. The molecule has 0 radical (unpaired) electrons. The third-order valence-electron chi connectivity index (χ3n) is 2.76. The number of aryl methyl sites for hydroxylation is 1. The fourth-order valence-electron chi connectivity index (χ4n) is 1.74. The molecule has 2 rings (SSSR count). The summed E-state index contributed by atoms with van der Waals surface area (Å²) in [4.78, 5) is 16.2. The highest BCUT2D eigenvalue weighted by Gasteiger charge is 2.11. The first kappa shape index (κ1) is 14.8. The summed E-state index contributed by atoms with van der Waals surface area (Å²) < 4.78 is 0. The molecule has 0 saturated carbocycles. The number of H-pyrrole nitrogens is 1. The summed E-state index contributed by atoms with van der Waals surface area (Å²) in [6.45, 7) is 2.19. The molecule has 0 aliphatic heterocycles. The number of carbonyl (C=O) groups is 1. The Hall–Kier alpha value is -2.65. The summed E-state index contributed by atoms with van der Waals surface area (Å²) in [7, 11) is 0. The van der Waals surface area contributed by atoms with Gasteiger partial charge >= 0.3 is 0 Å². The zero-order chi connectivity index (χ0) is 15.1. The number of carbonyl (C=O) groups excluding carboxylic acids is 1. The minimum atomic E-state index is -0.219. The van der Waals surface area contributed by atoms with Crippen LogP contribution in [0.4, 0.5) is 0 Å². The van der Waals surface area contributed by atoms with Gasteiger partial charge in [-0.25, -0.2) is 4.98 Å². The molecule has 1 amide bonds. The van der Waals surface area contributed by atoms with Crippen LogP contribution in [0.5, 0.6) is 0 Å². The first-order valence-electron chi connectivity index (χ1n) is 6.53. The summed E-state index contributed by atoms with van der Waals surface area (Å²) in [5.74, 6) is 6.10. The lowest BCUT2D eigenvalue weighted by atomic mass is 10.0. The highest BCUT2D eigenvalue weighted by atomic mass is 16.2. The van der Waals surface area contributed by atoms with Crippen LogP contribution in [0.2, 0.25) is 0 Å². The number of rotatable bonds is 4. The molecule has 1 aromatic heterocycles. The van der Waals surface area contributed by atoms with E-state index in [1.807, 2.05) is 19.1 Å². The standard InChI is InChI=1S/C15H16N4O2/c1-11-5-6-12(4-2-3-7-20)13(8-11)15(21)16-9-14-17-10-18-19-14/h5-6,8,10,20H,3,7,9H2,1H3,(H,16,21)(H,17,18,19). The molecule has 0 spiro atoms. The second-order valence-electron chi connectivity index (χ2n) is 4.44. The van der Waals surface area contributed by atoms with Crippen LogP contribution < -0.4 is 5.32 Å². The van der Waals surface area contributed by atoms with E-state index in [1.165, 1.54) is 6.33 Å². The van der Waals surface area contributed by atoms with Crippen molar-refractivity contribution in [1.29, 1.82) is 0 Å². The SMILES string of the molecule is Cc1ccc(C#CCCO)c(C(=O)NCc2ncn[nH]2)c1. The number of nitrogens with zero attached hydrogens (tertiary/aromatic N) is 2. The van der Waals surface area contributed by atoms with Crippen LogP contribution in [-0.2, 0) is 6.54 Å². The van der Waals surface area contributed by atoms with Crippen LogP contribution in [0.3, 0.4) is 0 Å². The van der Waals surface area contributed by atoms with Crippen molar-refractivity contribution in [3.8, 4) is 11.8 Å². The molecule has 0 aliphatic rings. The van der Waals surface area contributed by atoms with Crippen molar-refractivity contribution in [1.82, 2.24) is 20.5 Å². The van der Waals surface area contributed by atoms with Crippen LogP contribution in [0.1, 0.15) is 33.7 Å². The molecule has 6 heteroatoms. The number of aromatic nitrogens is 3. The van der Waals surface area contributed by atoms with Crippen LogP contribution in [0.25, 0.3) is 0 Å². The molecule has 0 fully saturated rings. The summed E-state index contributed by atoms with van der Waals surface area (Å²) in [5, 5.41) is 17.9. The lowest BCUT2D eigenvalue weighted by Crippen LogP contribution is -2.24. The minimum absolute atomic E-state index is 0.00584. The number of nitrogens with one attached hydrogen (secondary N) is 2. The van der Waals surface area contributed by atoms with E-state index in [9.17, 15) is 4.79 Å². The number of aliphatic hydroxyl groups is 1. The molecule has 0 atom stereocenters. The Morgan fingerprint density at radius 2 is 2.33 bits per heavy atom. The fourth-order valence-corrected chi connectivity index (χ4v) is 1.74. The lowest BCUT2D eigenvalue weighted by Gasteiger charge is -2.07. The minimum Gasteiger partial charge on any atom is -0.395 e. The zero-order valence-corrected chi connectivity index (χ0v) is 11.7. The Bertz CT molecular complexity index is 669. The first-order chi connectivity index (χ1) is 10.2. The van der Waals surface area contributed by atoms with Crippen molar-refractivity contribution in [2.24, 2.45) is 0 Å². The predicted octanol–water partition coefficient (Wildman–Crippen LogP) is 0.777. The summed E-state index contributed by atoms with van der Waals surface area (Å²) in [6.07, 6.45) is 1.77. The third kappa shape index (κ3) is 4.16. The largest absolute Gasteiger partial charge is 0.395 e. The molecule has 0 bridgehead atoms. The second-order valence-corrected chi connectivity index (χ2v) is 4.44. The Balaban J connectivity index is 2.15. The van der Waals surface area contributed by atoms with E-state index < -0.39 is 0 Å². The van der Waals surface area contributed by atoms with Crippen molar-refractivity contribution < 1.29 is 9.90 Å². The molecule has 1 aromatic carbocycles. The number of aromatic amines is 1. The Labute approximate surface area is 122 Å². The fraction of sp³-hybridized carbons (Fsp3) is 0.267. The second kappa shape index (κ2) is 7.22. The summed E-state index contributed by atoms with van der Waals surface area (Å²) in [5.41, 5.74) is 2.14. The number of aliphatic hydroxyl groups excluding tert-OH is 1. The van der Waals surface area contributed by atoms with Gasteiger partial charge in [-0.05, 0) is 19.1 Å². The van der Waals surface area contributed by atoms with E-state index in [0.29, 0.717) is 23.4 Å². The first-order valence-corrected chi connectivity index (χ1v) is 6.53. The van der Waals surface area contributed by atoms with Gasteiger partial charge < -0.3 is 10.4 Å². The van der Waals surface area contributed by atoms with Crippen molar-refractivity contribution in [2.45, 2.75) is 19.9 Å². The highest BCUT2D eigenvalue weighted by Crippen LogP contribution is 2.11. The quantitative estimate of drug-likeness (QED) is 0.723. The molecule has 2 aromatic rings. The molecule has 6 nitrogen and oxygen atoms in total. The van der Waals surface area contributed by atoms with E-state index in [2.05, 4.69) is 32.3 Å². The molecule has 0 saturated heterocycles. The van der Waals surface area contributed by atoms with Crippen LogP contribution in [0, 0.1) is 18.8 Å². The van der Waals surface area contributed by atoms with Crippen molar-refractivity contribution in [3.05, 3.63) is 47.0 Å². The van der Waals surface area contributed by atoms with E-state index in [4.69, 9.17) is 5.11 Å². The molecule has 21 heavy (non-hydrogen) atoms. The molecule has 0 aliphatic carbocycles. The number of amides is 1. The third-order valence-corrected chi connectivity index (χ3v) is 2.76. The molecule has 3 N–H and O–H groups in total. The average molecular weight is 284 g/mol. The van der Waals surface area contributed by atoms with E-state index in [1.54, 1.807) is 6.07 Å². The average Bonchev–Trinajstić information content (AvgIpc) is 3.00. The van der Waals surface area contributed by atoms with Gasteiger partial charge in [-0.1, -0.05) is 23.5 Å². The molecule has 1 heterocycles.